The van der Waals surface area contributed by atoms with Gasteiger partial charge in [0.25, 0.3) is 0 Å². The molecule has 0 saturated heterocycles. The fourth-order valence-corrected chi connectivity index (χ4v) is 2.11. The van der Waals surface area contributed by atoms with E-state index in [4.69, 9.17) is 5.73 Å². The highest BCUT2D eigenvalue weighted by Crippen LogP contribution is 2.10. The number of nitrogen functional groups attached to an aromatic ring is 1. The molecular weight excluding hydrogens is 212 g/mol. The molecule has 1 aromatic rings. The van der Waals surface area contributed by atoms with Crippen molar-refractivity contribution in [2.24, 2.45) is 0 Å². The Labute approximate surface area is 91.3 Å². The molecule has 0 radical (unpaired) electrons. The van der Waals surface area contributed by atoms with Crippen molar-refractivity contribution in [2.45, 2.75) is 11.8 Å². The molecule has 1 rings (SSSR count). The summed E-state index contributed by atoms with van der Waals surface area (Å²) in [5.74, 6) is -0.227. The number of hydrogen-bond acceptors (Lipinski definition) is 3. The summed E-state index contributed by atoms with van der Waals surface area (Å²) < 4.78 is 11.7. The molecule has 0 unspecified atom stereocenters. The van der Waals surface area contributed by atoms with Crippen LogP contribution in [0, 0.1) is 0 Å². The molecule has 1 amide bonds. The van der Waals surface area contributed by atoms with Gasteiger partial charge in [0.1, 0.15) is 5.75 Å². The highest BCUT2D eigenvalue weighted by Gasteiger charge is 2.09. The first-order valence-electron chi connectivity index (χ1n) is 4.64. The number of carbonyl (C=O) groups is 1. The summed E-state index contributed by atoms with van der Waals surface area (Å²) in [5, 5.41) is 2.60. The fraction of sp³-hybridized carbons (Fsp3) is 0.300. The zero-order valence-electron chi connectivity index (χ0n) is 8.53. The van der Waals surface area contributed by atoms with Crippen LogP contribution in [0.5, 0.6) is 0 Å². The summed E-state index contributed by atoms with van der Waals surface area (Å²) in [6.45, 7) is 2.37. The van der Waals surface area contributed by atoms with Crippen LogP contribution in [-0.2, 0) is 15.6 Å². The molecule has 1 aromatic carbocycles. The summed E-state index contributed by atoms with van der Waals surface area (Å²) in [5.41, 5.74) is 6.10. The lowest BCUT2D eigenvalue weighted by molar-refractivity contribution is -0.118. The number of nitrogens with one attached hydrogen (secondary N) is 1. The predicted octanol–water partition coefficient (Wildman–Crippen LogP) is 0.512. The van der Waals surface area contributed by atoms with Crippen molar-refractivity contribution < 1.29 is 9.00 Å². The third-order valence-corrected chi connectivity index (χ3v) is 3.06. The van der Waals surface area contributed by atoms with Crippen LogP contribution in [0.1, 0.15) is 6.92 Å². The molecule has 0 fully saturated rings. The zero-order valence-corrected chi connectivity index (χ0v) is 9.34. The lowest BCUT2D eigenvalue weighted by atomic mass is 10.3. The van der Waals surface area contributed by atoms with Crippen LogP contribution in [0.3, 0.4) is 0 Å². The van der Waals surface area contributed by atoms with Crippen molar-refractivity contribution in [3.8, 4) is 0 Å². The van der Waals surface area contributed by atoms with Gasteiger partial charge in [-0.15, -0.1) is 0 Å². The zero-order chi connectivity index (χ0) is 11.3. The van der Waals surface area contributed by atoms with Crippen LogP contribution in [0.25, 0.3) is 0 Å². The van der Waals surface area contributed by atoms with Crippen molar-refractivity contribution in [1.29, 1.82) is 0 Å². The molecule has 82 valence electrons. The average molecular weight is 226 g/mol. The lowest BCUT2D eigenvalue weighted by Crippen LogP contribution is -2.27. The number of rotatable bonds is 4. The van der Waals surface area contributed by atoms with Gasteiger partial charge in [-0.05, 0) is 25.1 Å². The van der Waals surface area contributed by atoms with Gasteiger partial charge < -0.3 is 11.1 Å². The first kappa shape index (κ1) is 11.7. The van der Waals surface area contributed by atoms with Crippen LogP contribution in [0.15, 0.2) is 29.2 Å². The van der Waals surface area contributed by atoms with Gasteiger partial charge in [0.05, 0.1) is 10.8 Å². The van der Waals surface area contributed by atoms with E-state index in [0.29, 0.717) is 17.1 Å². The molecule has 0 heterocycles. The Morgan fingerprint density at radius 1 is 1.53 bits per heavy atom. The van der Waals surface area contributed by atoms with Gasteiger partial charge in [-0.25, -0.2) is 0 Å². The second-order valence-corrected chi connectivity index (χ2v) is 4.47. The molecular formula is C10H14N2O2S. The van der Waals surface area contributed by atoms with E-state index < -0.39 is 10.8 Å². The molecule has 0 spiro atoms. The lowest BCUT2D eigenvalue weighted by Gasteiger charge is -2.03. The van der Waals surface area contributed by atoms with Gasteiger partial charge in [0, 0.05) is 17.1 Å². The highest BCUT2D eigenvalue weighted by atomic mass is 32.2. The normalized spacial score (nSPS) is 12.1. The van der Waals surface area contributed by atoms with E-state index in [1.54, 1.807) is 24.3 Å². The van der Waals surface area contributed by atoms with E-state index in [2.05, 4.69) is 5.32 Å². The Hall–Kier alpha value is -1.36. The largest absolute Gasteiger partial charge is 0.399 e. The molecule has 1 atom stereocenters. The van der Waals surface area contributed by atoms with Gasteiger partial charge in [-0.1, -0.05) is 6.07 Å². The monoisotopic (exact) mass is 226 g/mol. The smallest absolute Gasteiger partial charge is 0.232 e. The first-order chi connectivity index (χ1) is 7.13. The molecule has 0 bridgehead atoms. The predicted molar refractivity (Wildman–Crippen MR) is 60.8 cm³/mol. The van der Waals surface area contributed by atoms with Crippen LogP contribution in [-0.4, -0.2) is 22.4 Å². The number of nitrogens with two attached hydrogens (primary N) is 1. The van der Waals surface area contributed by atoms with Crippen LogP contribution < -0.4 is 11.1 Å². The van der Waals surface area contributed by atoms with Crippen molar-refractivity contribution in [2.75, 3.05) is 18.0 Å². The molecule has 5 heteroatoms. The van der Waals surface area contributed by atoms with Crippen LogP contribution in [0.4, 0.5) is 5.69 Å². The minimum Gasteiger partial charge on any atom is -0.399 e. The fourth-order valence-electron chi connectivity index (χ4n) is 1.11. The average Bonchev–Trinajstić information content (AvgIpc) is 2.18. The van der Waals surface area contributed by atoms with Crippen molar-refractivity contribution in [3.63, 3.8) is 0 Å². The van der Waals surface area contributed by atoms with Gasteiger partial charge in [0.15, 0.2) is 0 Å². The topological polar surface area (TPSA) is 72.2 Å². The van der Waals surface area contributed by atoms with Crippen molar-refractivity contribution in [1.82, 2.24) is 5.32 Å². The van der Waals surface area contributed by atoms with Crippen LogP contribution in [0.2, 0.25) is 0 Å². The number of hydrogen-bond donors (Lipinski definition) is 2. The maximum Gasteiger partial charge on any atom is 0.232 e. The SMILES string of the molecule is CCNC(=O)C[S@](=O)c1cccc(N)c1. The standard InChI is InChI=1S/C10H14N2O2S/c1-2-12-10(13)7-15(14)9-5-3-4-8(11)6-9/h3-6H,2,7,11H2,1H3,(H,12,13)/t15-/m0/s1. The molecule has 4 nitrogen and oxygen atoms in total. The summed E-state index contributed by atoms with van der Waals surface area (Å²) in [7, 11) is -1.32. The Morgan fingerprint density at radius 3 is 2.87 bits per heavy atom. The van der Waals surface area contributed by atoms with Crippen molar-refractivity contribution in [3.05, 3.63) is 24.3 Å². The van der Waals surface area contributed by atoms with E-state index in [9.17, 15) is 9.00 Å². The van der Waals surface area contributed by atoms with E-state index in [1.807, 2.05) is 6.92 Å². The maximum absolute atomic E-state index is 11.7. The van der Waals surface area contributed by atoms with Gasteiger partial charge >= 0.3 is 0 Å². The molecule has 0 aliphatic carbocycles. The second kappa shape index (κ2) is 5.50. The van der Waals surface area contributed by atoms with Gasteiger partial charge in [-0.3, -0.25) is 9.00 Å². The summed E-state index contributed by atoms with van der Waals surface area (Å²) in [4.78, 5) is 11.8. The van der Waals surface area contributed by atoms with Crippen molar-refractivity contribution >= 4 is 22.4 Å². The number of anilines is 1. The Kier molecular flexibility index (Phi) is 4.30. The van der Waals surface area contributed by atoms with E-state index >= 15 is 0 Å². The molecule has 3 N–H and O–H groups in total. The summed E-state index contributed by atoms with van der Waals surface area (Å²) in [6, 6.07) is 6.76. The molecule has 0 aliphatic rings. The minimum atomic E-state index is -1.32. The molecule has 0 aromatic heterocycles. The molecule has 0 aliphatic heterocycles. The minimum absolute atomic E-state index is 0.0166. The van der Waals surface area contributed by atoms with Crippen LogP contribution >= 0.6 is 0 Å². The van der Waals surface area contributed by atoms with E-state index in [1.165, 1.54) is 0 Å². The third kappa shape index (κ3) is 3.71. The maximum atomic E-state index is 11.7. The quantitative estimate of drug-likeness (QED) is 0.735. The number of amides is 1. The first-order valence-corrected chi connectivity index (χ1v) is 5.96. The Morgan fingerprint density at radius 2 is 2.27 bits per heavy atom. The van der Waals surface area contributed by atoms with E-state index in [0.717, 1.165) is 0 Å². The van der Waals surface area contributed by atoms with Gasteiger partial charge in [-0.2, -0.15) is 0 Å². The second-order valence-electron chi connectivity index (χ2n) is 3.02. The Balaban J connectivity index is 2.65. The number of carbonyl (C=O) groups excluding carboxylic acids is 1. The Bertz CT molecular complexity index is 379. The highest BCUT2D eigenvalue weighted by molar-refractivity contribution is 7.85. The third-order valence-electron chi connectivity index (χ3n) is 1.76. The summed E-state index contributed by atoms with van der Waals surface area (Å²) in [6.07, 6.45) is 0. The molecule has 0 saturated carbocycles. The van der Waals surface area contributed by atoms with E-state index in [-0.39, 0.29) is 11.7 Å². The van der Waals surface area contributed by atoms with Gasteiger partial charge in [0.2, 0.25) is 5.91 Å². The summed E-state index contributed by atoms with van der Waals surface area (Å²) >= 11 is 0. The number of benzene rings is 1. The molecule has 15 heavy (non-hydrogen) atoms.